The van der Waals surface area contributed by atoms with Crippen LogP contribution in [0.2, 0.25) is 0 Å². The molecule has 2 heterocycles. The Morgan fingerprint density at radius 2 is 1.97 bits per heavy atom. The lowest BCUT2D eigenvalue weighted by Crippen LogP contribution is -2.24. The minimum absolute atomic E-state index is 0.0387. The molecular formula is C19H24F4N6O2S. The number of hydrogen-bond acceptors (Lipinski definition) is 4. The topological polar surface area (TPSA) is 129 Å². The van der Waals surface area contributed by atoms with Crippen LogP contribution in [0.5, 0.6) is 0 Å². The van der Waals surface area contributed by atoms with Crippen LogP contribution in [0.4, 0.5) is 28.0 Å². The molecule has 0 radical (unpaired) electrons. The molecule has 4 rings (SSSR count). The molecule has 0 saturated heterocycles. The molecule has 1 atom stereocenters. The second-order valence-corrected chi connectivity index (χ2v) is 8.92. The Balaban J connectivity index is 0.000000207. The number of carbonyl (C=O) groups excluding carboxylic acids is 1. The molecule has 0 aliphatic heterocycles. The van der Waals surface area contributed by atoms with Gasteiger partial charge in [-0.1, -0.05) is 0 Å². The highest BCUT2D eigenvalue weighted by atomic mass is 32.2. The van der Waals surface area contributed by atoms with Crippen molar-refractivity contribution in [3.63, 3.8) is 0 Å². The summed E-state index contributed by atoms with van der Waals surface area (Å²) in [6, 6.07) is -0.794. The van der Waals surface area contributed by atoms with Gasteiger partial charge < -0.3 is 11.1 Å². The predicted molar refractivity (Wildman–Crippen MR) is 110 cm³/mol. The number of halogens is 4. The van der Waals surface area contributed by atoms with Crippen molar-refractivity contribution in [2.45, 2.75) is 69.1 Å². The first-order valence-electron chi connectivity index (χ1n) is 10.00. The number of anilines is 1. The Labute approximate surface area is 184 Å². The molecule has 8 nitrogen and oxygen atoms in total. The number of rotatable bonds is 4. The van der Waals surface area contributed by atoms with Crippen molar-refractivity contribution in [2.24, 2.45) is 10.9 Å². The number of nitrogens with two attached hydrogens (primary N) is 2. The van der Waals surface area contributed by atoms with Crippen molar-refractivity contribution in [1.29, 1.82) is 0 Å². The van der Waals surface area contributed by atoms with E-state index >= 15 is 0 Å². The summed E-state index contributed by atoms with van der Waals surface area (Å²) in [6.45, 7) is 3.69. The summed E-state index contributed by atoms with van der Waals surface area (Å²) in [6.07, 6.45) is -0.0455. The maximum Gasteiger partial charge on any atom is 0.433 e. The average Bonchev–Trinajstić information content (AvgIpc) is 3.24. The van der Waals surface area contributed by atoms with E-state index in [4.69, 9.17) is 10.9 Å². The number of pyridine rings is 1. The fraction of sp³-hybridized carbons (Fsp3) is 0.526. The number of nitrogens with zero attached hydrogens (tertiary/aromatic N) is 3. The van der Waals surface area contributed by atoms with Gasteiger partial charge in [-0.3, -0.25) is 4.68 Å². The summed E-state index contributed by atoms with van der Waals surface area (Å²) in [5.41, 5.74) is 5.80. The van der Waals surface area contributed by atoms with Crippen molar-refractivity contribution in [2.75, 3.05) is 5.32 Å². The van der Waals surface area contributed by atoms with Gasteiger partial charge in [-0.2, -0.15) is 18.3 Å². The van der Waals surface area contributed by atoms with E-state index in [1.165, 1.54) is 10.9 Å². The quantitative estimate of drug-likeness (QED) is 0.583. The molecule has 5 N–H and O–H groups in total. The Hall–Kier alpha value is -2.54. The highest BCUT2D eigenvalue weighted by Gasteiger charge is 2.43. The summed E-state index contributed by atoms with van der Waals surface area (Å²) in [5.74, 6) is -0.795. The Morgan fingerprint density at radius 1 is 1.31 bits per heavy atom. The number of aryl methyl sites for hydroxylation is 1. The maximum absolute atomic E-state index is 13.2. The number of primary amides is 1. The average molecular weight is 477 g/mol. The first kappa shape index (κ1) is 24.1. The standard InChI is InChI=1S/C13H14F3N3O.C6H10FN3OS/c14-13(15,16)11-9(6-4-5-6)10(19-12(17)20)7-2-1-3-8(7)18-11;1-4(2)10-3-5(7)6(9-10)12(8)11/h6H,1-5H2,(H3,17,18,19,20);3-4H,8H2,1-2H3. The fourth-order valence-corrected chi connectivity index (χ4v) is 4.02. The number of fused-ring (bicyclic) bond motifs is 1. The highest BCUT2D eigenvalue weighted by Crippen LogP contribution is 2.50. The summed E-state index contributed by atoms with van der Waals surface area (Å²) < 4.78 is 64.6. The molecule has 0 aromatic carbocycles. The molecule has 2 amide bonds. The number of amides is 2. The van der Waals surface area contributed by atoms with Gasteiger partial charge in [-0.05, 0) is 57.4 Å². The molecule has 1 unspecified atom stereocenters. The number of carbonyl (C=O) groups is 1. The molecule has 2 aromatic heterocycles. The van der Waals surface area contributed by atoms with Crippen molar-refractivity contribution in [3.05, 3.63) is 34.5 Å². The molecule has 1 fully saturated rings. The van der Waals surface area contributed by atoms with Gasteiger partial charge in [0.25, 0.3) is 0 Å². The molecule has 13 heteroatoms. The van der Waals surface area contributed by atoms with Crippen LogP contribution in [0, 0.1) is 5.82 Å². The van der Waals surface area contributed by atoms with Gasteiger partial charge in [-0.25, -0.2) is 23.5 Å². The van der Waals surface area contributed by atoms with Gasteiger partial charge in [0, 0.05) is 17.3 Å². The minimum atomic E-state index is -4.51. The van der Waals surface area contributed by atoms with E-state index < -0.39 is 34.7 Å². The molecule has 2 aliphatic rings. The van der Waals surface area contributed by atoms with E-state index in [9.17, 15) is 26.6 Å². The van der Waals surface area contributed by atoms with Crippen molar-refractivity contribution < 1.29 is 26.6 Å². The third-order valence-corrected chi connectivity index (χ3v) is 5.80. The smallest absolute Gasteiger partial charge is 0.351 e. The first-order valence-corrected chi connectivity index (χ1v) is 11.2. The lowest BCUT2D eigenvalue weighted by Gasteiger charge is -2.19. The van der Waals surface area contributed by atoms with Crippen molar-refractivity contribution in [3.8, 4) is 0 Å². The predicted octanol–water partition coefficient (Wildman–Crippen LogP) is 3.54. The van der Waals surface area contributed by atoms with Crippen LogP contribution >= 0.6 is 0 Å². The highest BCUT2D eigenvalue weighted by molar-refractivity contribution is 7.82. The van der Waals surface area contributed by atoms with Crippen LogP contribution in [0.1, 0.15) is 67.6 Å². The van der Waals surface area contributed by atoms with Crippen LogP contribution < -0.4 is 16.2 Å². The van der Waals surface area contributed by atoms with Crippen LogP contribution in [0.15, 0.2) is 11.2 Å². The number of aromatic nitrogens is 3. The Morgan fingerprint density at radius 3 is 2.41 bits per heavy atom. The van der Waals surface area contributed by atoms with E-state index in [1.54, 1.807) is 0 Å². The van der Waals surface area contributed by atoms with Gasteiger partial charge >= 0.3 is 12.2 Å². The van der Waals surface area contributed by atoms with Gasteiger partial charge in [0.15, 0.2) is 10.8 Å². The molecular weight excluding hydrogens is 452 g/mol. The third kappa shape index (κ3) is 5.26. The molecule has 2 aromatic rings. The molecule has 176 valence electrons. The number of urea groups is 1. The summed E-state index contributed by atoms with van der Waals surface area (Å²) >= 11 is 0. The first-order chi connectivity index (χ1) is 14.9. The van der Waals surface area contributed by atoms with E-state index in [0.717, 1.165) is 12.0 Å². The number of alkyl halides is 3. The molecule has 0 bridgehead atoms. The Bertz CT molecular complexity index is 1050. The minimum Gasteiger partial charge on any atom is -0.351 e. The van der Waals surface area contributed by atoms with Gasteiger partial charge in [-0.15, -0.1) is 0 Å². The van der Waals surface area contributed by atoms with Gasteiger partial charge in [0.2, 0.25) is 0 Å². The van der Waals surface area contributed by atoms with E-state index in [2.05, 4.69) is 15.4 Å². The SMILES string of the molecule is CC(C)n1cc(F)c(S(N)=O)n1.NC(=O)Nc1c2c(nc(C(F)(F)F)c1C1CC1)CCC2. The fourth-order valence-electron chi connectivity index (χ4n) is 3.60. The molecule has 1 saturated carbocycles. The van der Waals surface area contributed by atoms with Crippen LogP contribution in [0.3, 0.4) is 0 Å². The Kier molecular flexibility index (Phi) is 6.89. The largest absolute Gasteiger partial charge is 0.433 e. The lowest BCUT2D eigenvalue weighted by atomic mass is 10.00. The van der Waals surface area contributed by atoms with Crippen LogP contribution in [-0.2, 0) is 30.0 Å². The molecule has 2 aliphatic carbocycles. The zero-order valence-electron chi connectivity index (χ0n) is 17.5. The third-order valence-electron chi connectivity index (χ3n) is 5.14. The van der Waals surface area contributed by atoms with Gasteiger partial charge in [0.1, 0.15) is 16.7 Å². The molecule has 32 heavy (non-hydrogen) atoms. The van der Waals surface area contributed by atoms with E-state index in [-0.39, 0.29) is 28.2 Å². The second kappa shape index (κ2) is 9.14. The monoisotopic (exact) mass is 476 g/mol. The number of nitrogens with one attached hydrogen (secondary N) is 1. The zero-order chi connectivity index (χ0) is 23.8. The lowest BCUT2D eigenvalue weighted by molar-refractivity contribution is -0.141. The second-order valence-electron chi connectivity index (χ2n) is 7.94. The van der Waals surface area contributed by atoms with E-state index in [0.29, 0.717) is 31.4 Å². The van der Waals surface area contributed by atoms with Gasteiger partial charge in [0.05, 0.1) is 11.9 Å². The van der Waals surface area contributed by atoms with Crippen LogP contribution in [-0.4, -0.2) is 25.0 Å². The van der Waals surface area contributed by atoms with Crippen LogP contribution in [0.25, 0.3) is 0 Å². The summed E-state index contributed by atoms with van der Waals surface area (Å²) in [5, 5.41) is 10.9. The zero-order valence-corrected chi connectivity index (χ0v) is 18.3. The summed E-state index contributed by atoms with van der Waals surface area (Å²) in [4.78, 5) is 15.0. The number of hydrogen-bond donors (Lipinski definition) is 3. The normalized spacial score (nSPS) is 16.4. The van der Waals surface area contributed by atoms with Crippen molar-refractivity contribution in [1.82, 2.24) is 14.8 Å². The molecule has 0 spiro atoms. The van der Waals surface area contributed by atoms with Crippen molar-refractivity contribution >= 4 is 22.7 Å². The summed E-state index contributed by atoms with van der Waals surface area (Å²) in [7, 11) is -1.84. The maximum atomic E-state index is 13.2. The van der Waals surface area contributed by atoms with E-state index in [1.807, 2.05) is 13.8 Å².